The van der Waals surface area contributed by atoms with Gasteiger partial charge in [0.25, 0.3) is 5.91 Å². The molecule has 21 heavy (non-hydrogen) atoms. The molecule has 0 aromatic heterocycles. The number of unbranched alkanes of at least 4 members (excludes halogenated alkanes) is 1. The number of rotatable bonds is 8. The Hall–Kier alpha value is -1.26. The molecule has 1 amide bonds. The molecule has 1 aromatic rings. The molecule has 0 radical (unpaired) electrons. The zero-order valence-electron chi connectivity index (χ0n) is 13.2. The van der Waals surface area contributed by atoms with Gasteiger partial charge in [0.15, 0.2) is 6.10 Å². The number of nitrogens with one attached hydrogen (secondary N) is 2. The molecule has 0 bridgehead atoms. The molecule has 4 nitrogen and oxygen atoms in total. The van der Waals surface area contributed by atoms with E-state index in [4.69, 9.17) is 16.3 Å². The number of benzene rings is 1. The third-order valence-corrected chi connectivity index (χ3v) is 3.61. The lowest BCUT2D eigenvalue weighted by molar-refractivity contribution is -0.127. The summed E-state index contributed by atoms with van der Waals surface area (Å²) in [6.45, 7) is 6.54. The topological polar surface area (TPSA) is 50.4 Å². The molecule has 0 saturated heterocycles. The molecule has 118 valence electrons. The smallest absolute Gasteiger partial charge is 0.260 e. The van der Waals surface area contributed by atoms with E-state index in [1.54, 1.807) is 19.1 Å². The van der Waals surface area contributed by atoms with Gasteiger partial charge in [0.2, 0.25) is 0 Å². The number of carbonyl (C=O) groups is 1. The zero-order chi connectivity index (χ0) is 15.8. The lowest BCUT2D eigenvalue weighted by Gasteiger charge is -2.20. The molecule has 0 spiro atoms. The first kappa shape index (κ1) is 17.8. The maximum atomic E-state index is 12.0. The summed E-state index contributed by atoms with van der Waals surface area (Å²) in [4.78, 5) is 12.0. The molecule has 0 aliphatic rings. The van der Waals surface area contributed by atoms with Crippen LogP contribution in [0.1, 0.15) is 45.2 Å². The fourth-order valence-electron chi connectivity index (χ4n) is 1.90. The second-order valence-corrected chi connectivity index (χ2v) is 5.53. The van der Waals surface area contributed by atoms with Crippen molar-refractivity contribution in [2.75, 3.05) is 13.6 Å². The minimum Gasteiger partial charge on any atom is -0.481 e. The van der Waals surface area contributed by atoms with Crippen LogP contribution in [0.4, 0.5) is 0 Å². The van der Waals surface area contributed by atoms with E-state index in [1.807, 2.05) is 20.0 Å². The van der Waals surface area contributed by atoms with Gasteiger partial charge in [-0.2, -0.15) is 0 Å². The molecule has 0 saturated carbocycles. The van der Waals surface area contributed by atoms with Crippen molar-refractivity contribution < 1.29 is 9.53 Å². The minimum absolute atomic E-state index is 0.0917. The Kier molecular flexibility index (Phi) is 7.54. The van der Waals surface area contributed by atoms with Crippen LogP contribution in [0.5, 0.6) is 5.75 Å². The maximum Gasteiger partial charge on any atom is 0.260 e. The van der Waals surface area contributed by atoms with Crippen molar-refractivity contribution in [1.82, 2.24) is 10.6 Å². The average molecular weight is 313 g/mol. The molecule has 5 heteroatoms. The van der Waals surface area contributed by atoms with Crippen LogP contribution >= 0.6 is 11.6 Å². The van der Waals surface area contributed by atoms with Gasteiger partial charge in [0, 0.05) is 23.2 Å². The van der Waals surface area contributed by atoms with Crippen molar-refractivity contribution in [2.45, 2.75) is 45.8 Å². The second kappa shape index (κ2) is 8.90. The van der Waals surface area contributed by atoms with Gasteiger partial charge in [0.05, 0.1) is 0 Å². The van der Waals surface area contributed by atoms with Crippen LogP contribution in [-0.4, -0.2) is 25.6 Å². The van der Waals surface area contributed by atoms with Gasteiger partial charge in [-0.25, -0.2) is 0 Å². The normalized spacial score (nSPS) is 13.6. The molecular formula is C16H25ClN2O2. The fourth-order valence-corrected chi connectivity index (χ4v) is 2.08. The summed E-state index contributed by atoms with van der Waals surface area (Å²) < 4.78 is 5.81. The molecule has 1 rings (SSSR count). The van der Waals surface area contributed by atoms with Gasteiger partial charge in [0.1, 0.15) is 5.75 Å². The van der Waals surface area contributed by atoms with E-state index in [-0.39, 0.29) is 11.9 Å². The SMILES string of the molecule is CCCCNC(=O)C(C)Oc1ccc(Cl)cc1C(C)NC. The van der Waals surface area contributed by atoms with E-state index in [0.717, 1.165) is 18.4 Å². The highest BCUT2D eigenvalue weighted by atomic mass is 35.5. The fraction of sp³-hybridized carbons (Fsp3) is 0.562. The predicted octanol–water partition coefficient (Wildman–Crippen LogP) is 3.30. The first-order chi connectivity index (χ1) is 9.99. The molecule has 2 unspecified atom stereocenters. The number of halogens is 1. The summed E-state index contributed by atoms with van der Waals surface area (Å²) in [5.41, 5.74) is 0.943. The van der Waals surface area contributed by atoms with Crippen LogP contribution in [0.3, 0.4) is 0 Å². The third-order valence-electron chi connectivity index (χ3n) is 3.37. The minimum atomic E-state index is -0.536. The van der Waals surface area contributed by atoms with Crippen molar-refractivity contribution in [1.29, 1.82) is 0 Å². The van der Waals surface area contributed by atoms with Crippen molar-refractivity contribution >= 4 is 17.5 Å². The Morgan fingerprint density at radius 1 is 1.38 bits per heavy atom. The van der Waals surface area contributed by atoms with E-state index >= 15 is 0 Å². The highest BCUT2D eigenvalue weighted by Crippen LogP contribution is 2.29. The third kappa shape index (κ3) is 5.56. The molecule has 1 aromatic carbocycles. The van der Waals surface area contributed by atoms with Crippen LogP contribution in [0.15, 0.2) is 18.2 Å². The molecule has 0 heterocycles. The van der Waals surface area contributed by atoms with E-state index in [9.17, 15) is 4.79 Å². The van der Waals surface area contributed by atoms with Gasteiger partial charge >= 0.3 is 0 Å². The lowest BCUT2D eigenvalue weighted by atomic mass is 10.1. The van der Waals surface area contributed by atoms with Crippen molar-refractivity contribution in [3.63, 3.8) is 0 Å². The molecule has 2 N–H and O–H groups in total. The average Bonchev–Trinajstić information content (AvgIpc) is 2.48. The van der Waals surface area contributed by atoms with E-state index in [2.05, 4.69) is 17.6 Å². The monoisotopic (exact) mass is 312 g/mol. The number of carbonyl (C=O) groups excluding carboxylic acids is 1. The molecule has 0 aliphatic heterocycles. The molecule has 2 atom stereocenters. The van der Waals surface area contributed by atoms with Gasteiger partial charge < -0.3 is 15.4 Å². The van der Waals surface area contributed by atoms with Crippen LogP contribution in [0.2, 0.25) is 5.02 Å². The summed E-state index contributed by atoms with van der Waals surface area (Å²) in [5, 5.41) is 6.68. The van der Waals surface area contributed by atoms with Gasteiger partial charge in [-0.3, -0.25) is 4.79 Å². The first-order valence-electron chi connectivity index (χ1n) is 7.40. The van der Waals surface area contributed by atoms with Crippen LogP contribution < -0.4 is 15.4 Å². The number of hydrogen-bond acceptors (Lipinski definition) is 3. The van der Waals surface area contributed by atoms with Crippen molar-refractivity contribution in [3.8, 4) is 5.75 Å². The Morgan fingerprint density at radius 2 is 2.10 bits per heavy atom. The predicted molar refractivity (Wildman–Crippen MR) is 86.9 cm³/mol. The quantitative estimate of drug-likeness (QED) is 0.724. The Morgan fingerprint density at radius 3 is 2.71 bits per heavy atom. The number of ether oxygens (including phenoxy) is 1. The standard InChI is InChI=1S/C16H25ClN2O2/c1-5-6-9-19-16(20)12(3)21-15-8-7-13(17)10-14(15)11(2)18-4/h7-8,10-12,18H,5-6,9H2,1-4H3,(H,19,20). The Balaban J connectivity index is 2.75. The van der Waals surface area contributed by atoms with Crippen LogP contribution in [0.25, 0.3) is 0 Å². The first-order valence-corrected chi connectivity index (χ1v) is 7.78. The highest BCUT2D eigenvalue weighted by molar-refractivity contribution is 6.30. The van der Waals surface area contributed by atoms with Crippen molar-refractivity contribution in [3.05, 3.63) is 28.8 Å². The zero-order valence-corrected chi connectivity index (χ0v) is 14.0. The highest BCUT2D eigenvalue weighted by Gasteiger charge is 2.18. The lowest BCUT2D eigenvalue weighted by Crippen LogP contribution is -2.37. The second-order valence-electron chi connectivity index (χ2n) is 5.10. The van der Waals surface area contributed by atoms with E-state index in [0.29, 0.717) is 17.3 Å². The van der Waals surface area contributed by atoms with Gasteiger partial charge in [-0.05, 0) is 45.5 Å². The number of hydrogen-bond donors (Lipinski definition) is 2. The van der Waals surface area contributed by atoms with E-state index < -0.39 is 6.10 Å². The summed E-state index contributed by atoms with van der Waals surface area (Å²) in [6.07, 6.45) is 1.49. The molecule has 0 fully saturated rings. The number of amides is 1. The molecular weight excluding hydrogens is 288 g/mol. The van der Waals surface area contributed by atoms with Crippen molar-refractivity contribution in [2.24, 2.45) is 0 Å². The summed E-state index contributed by atoms with van der Waals surface area (Å²) in [7, 11) is 1.87. The van der Waals surface area contributed by atoms with Crippen LogP contribution in [-0.2, 0) is 4.79 Å². The maximum absolute atomic E-state index is 12.0. The summed E-state index contributed by atoms with van der Waals surface area (Å²) >= 11 is 6.04. The van der Waals surface area contributed by atoms with E-state index in [1.165, 1.54) is 0 Å². The Bertz CT molecular complexity index is 466. The summed E-state index contributed by atoms with van der Waals surface area (Å²) in [6, 6.07) is 5.53. The van der Waals surface area contributed by atoms with Crippen LogP contribution in [0, 0.1) is 0 Å². The Labute approximate surface area is 132 Å². The summed E-state index contributed by atoms with van der Waals surface area (Å²) in [5.74, 6) is 0.584. The van der Waals surface area contributed by atoms with Gasteiger partial charge in [-0.1, -0.05) is 24.9 Å². The largest absolute Gasteiger partial charge is 0.481 e. The molecule has 0 aliphatic carbocycles. The van der Waals surface area contributed by atoms with Gasteiger partial charge in [-0.15, -0.1) is 0 Å².